The van der Waals surface area contributed by atoms with Crippen molar-refractivity contribution in [3.63, 3.8) is 0 Å². The molecule has 0 atom stereocenters. The van der Waals surface area contributed by atoms with Crippen LogP contribution in [0.4, 0.5) is 0 Å². The molecule has 0 bridgehead atoms. The molecule has 0 aliphatic carbocycles. The summed E-state index contributed by atoms with van der Waals surface area (Å²) in [5.74, 6) is 3.28. The lowest BCUT2D eigenvalue weighted by Gasteiger charge is -2.16. The van der Waals surface area contributed by atoms with Gasteiger partial charge in [0.05, 0.1) is 22.7 Å². The summed E-state index contributed by atoms with van der Waals surface area (Å²) in [6.07, 6.45) is 3.67. The van der Waals surface area contributed by atoms with Crippen LogP contribution in [0.2, 0.25) is 71.0 Å². The molecule has 0 amide bonds. The van der Waals surface area contributed by atoms with Gasteiger partial charge in [0.1, 0.15) is 21.5 Å². The van der Waals surface area contributed by atoms with Crippen LogP contribution in [0.1, 0.15) is 5.56 Å². The van der Waals surface area contributed by atoms with E-state index in [-0.39, 0.29) is 12.3 Å². The van der Waals surface area contributed by atoms with Gasteiger partial charge >= 0.3 is 0 Å². The van der Waals surface area contributed by atoms with Crippen LogP contribution in [0, 0.1) is 11.5 Å². The van der Waals surface area contributed by atoms with Crippen LogP contribution < -0.4 is 5.56 Å². The zero-order valence-electron chi connectivity index (χ0n) is 21.5. The molecule has 0 unspecified atom stereocenters. The van der Waals surface area contributed by atoms with E-state index in [2.05, 4.69) is 75.5 Å². The molecule has 2 aromatic rings. The lowest BCUT2D eigenvalue weighted by atomic mass is 10.2. The first-order valence-corrected chi connectivity index (χ1v) is 22.4. The van der Waals surface area contributed by atoms with Crippen LogP contribution in [-0.4, -0.2) is 51.8 Å². The number of ether oxygens (including phenoxy) is 2. The van der Waals surface area contributed by atoms with Gasteiger partial charge in [-0.1, -0.05) is 64.8 Å². The highest BCUT2D eigenvalue weighted by atomic mass is 28.3. The van der Waals surface area contributed by atoms with Gasteiger partial charge in [-0.25, -0.2) is 4.68 Å². The molecular formula is C23H41N3O3Si3. The van der Waals surface area contributed by atoms with E-state index in [1.807, 2.05) is 10.8 Å². The molecule has 9 heteroatoms. The Bertz CT molecular complexity index is 1030. The molecule has 0 aliphatic heterocycles. The van der Waals surface area contributed by atoms with Crippen molar-refractivity contribution < 1.29 is 9.47 Å². The lowest BCUT2D eigenvalue weighted by molar-refractivity contribution is 0.0752. The third kappa shape index (κ3) is 8.83. The fourth-order valence-electron chi connectivity index (χ4n) is 2.86. The molecule has 2 aromatic heterocycles. The Kier molecular flexibility index (Phi) is 8.92. The maximum Gasteiger partial charge on any atom is 0.279 e. The summed E-state index contributed by atoms with van der Waals surface area (Å²) in [5.41, 5.74) is 4.75. The first-order chi connectivity index (χ1) is 14.7. The summed E-state index contributed by atoms with van der Waals surface area (Å²) >= 11 is 0. The maximum absolute atomic E-state index is 13.3. The van der Waals surface area contributed by atoms with E-state index in [4.69, 9.17) is 9.47 Å². The van der Waals surface area contributed by atoms with Crippen molar-refractivity contribution in [2.75, 3.05) is 13.2 Å². The van der Waals surface area contributed by atoms with E-state index in [0.29, 0.717) is 18.7 Å². The number of aromatic nitrogens is 3. The van der Waals surface area contributed by atoms with Crippen molar-refractivity contribution in [3.05, 3.63) is 28.3 Å². The van der Waals surface area contributed by atoms with Crippen LogP contribution in [0.25, 0.3) is 10.9 Å². The molecule has 0 aromatic carbocycles. The normalized spacial score (nSPS) is 12.8. The molecule has 2 heterocycles. The van der Waals surface area contributed by atoms with Gasteiger partial charge < -0.3 is 14.0 Å². The molecule has 0 aliphatic rings. The maximum atomic E-state index is 13.3. The minimum Gasteiger partial charge on any atom is -0.361 e. The van der Waals surface area contributed by atoms with E-state index in [9.17, 15) is 4.79 Å². The molecule has 0 spiro atoms. The van der Waals surface area contributed by atoms with Gasteiger partial charge in [-0.05, 0) is 12.1 Å². The fourth-order valence-corrected chi connectivity index (χ4v) is 4.88. The van der Waals surface area contributed by atoms with Crippen molar-refractivity contribution in [2.45, 2.75) is 84.5 Å². The molecular weight excluding hydrogens is 451 g/mol. The first-order valence-electron chi connectivity index (χ1n) is 11.4. The highest BCUT2D eigenvalue weighted by Crippen LogP contribution is 2.18. The summed E-state index contributed by atoms with van der Waals surface area (Å²) < 4.78 is 15.1. The zero-order chi connectivity index (χ0) is 24.2. The molecule has 6 nitrogen and oxygen atoms in total. The number of nitrogens with zero attached hydrogens (tertiary/aromatic N) is 3. The topological polar surface area (TPSA) is 58.3 Å². The average molecular weight is 492 g/mol. The second-order valence-electron chi connectivity index (χ2n) is 11.9. The summed E-state index contributed by atoms with van der Waals surface area (Å²) in [4.78, 5) is 13.3. The van der Waals surface area contributed by atoms with E-state index < -0.39 is 24.2 Å². The Morgan fingerprint density at radius 2 is 1.47 bits per heavy atom. The van der Waals surface area contributed by atoms with Crippen LogP contribution in [0.5, 0.6) is 0 Å². The number of hydrogen-bond acceptors (Lipinski definition) is 4. The summed E-state index contributed by atoms with van der Waals surface area (Å²) in [5, 5.41) is 4.98. The molecule has 0 N–H and O–H groups in total. The third-order valence-corrected chi connectivity index (χ3v) is 9.18. The quantitative estimate of drug-likeness (QED) is 0.265. The first kappa shape index (κ1) is 26.8. The van der Waals surface area contributed by atoms with Crippen molar-refractivity contribution in [2.24, 2.45) is 0 Å². The summed E-state index contributed by atoms with van der Waals surface area (Å²) in [7, 11) is -3.92. The van der Waals surface area contributed by atoms with Gasteiger partial charge in [0.25, 0.3) is 5.56 Å². The molecule has 0 radical (unpaired) electrons. The van der Waals surface area contributed by atoms with Gasteiger partial charge in [-0.15, -0.1) is 5.54 Å². The lowest BCUT2D eigenvalue weighted by Crippen LogP contribution is -2.26. The summed E-state index contributed by atoms with van der Waals surface area (Å²) in [6.45, 7) is 22.5. The van der Waals surface area contributed by atoms with Crippen molar-refractivity contribution in [1.82, 2.24) is 14.3 Å². The van der Waals surface area contributed by atoms with Crippen LogP contribution in [0.3, 0.4) is 0 Å². The second-order valence-corrected chi connectivity index (χ2v) is 27.9. The van der Waals surface area contributed by atoms with Gasteiger partial charge in [0, 0.05) is 35.6 Å². The standard InChI is InChI=1S/C23H41N3O3Si3/c1-30(2,3)13-10-20-17-25(18-28-11-14-31(4,5)6)21-16-24-26(23(27)22(20)21)19-29-12-15-32(7,8)9/h16-17H,11-12,14-15,18-19H2,1-9H3. The number of fused-ring (bicyclic) bond motifs is 1. The minimum atomic E-state index is -1.59. The molecule has 0 saturated carbocycles. The molecule has 32 heavy (non-hydrogen) atoms. The Morgan fingerprint density at radius 1 is 0.906 bits per heavy atom. The molecule has 178 valence electrons. The predicted molar refractivity (Wildman–Crippen MR) is 142 cm³/mol. The van der Waals surface area contributed by atoms with Crippen molar-refractivity contribution in [1.29, 1.82) is 0 Å². The fraction of sp³-hybridized carbons (Fsp3) is 0.652. The molecule has 0 saturated heterocycles. The predicted octanol–water partition coefficient (Wildman–Crippen LogP) is 5.05. The highest BCUT2D eigenvalue weighted by molar-refractivity contribution is 6.84. The van der Waals surface area contributed by atoms with Crippen LogP contribution >= 0.6 is 0 Å². The minimum absolute atomic E-state index is 0.156. The van der Waals surface area contributed by atoms with Gasteiger partial charge in [-0.2, -0.15) is 5.10 Å². The third-order valence-electron chi connectivity index (χ3n) is 4.90. The van der Waals surface area contributed by atoms with Crippen LogP contribution in [0.15, 0.2) is 17.2 Å². The second kappa shape index (κ2) is 10.7. The number of hydrogen-bond donors (Lipinski definition) is 0. The van der Waals surface area contributed by atoms with Crippen LogP contribution in [-0.2, 0) is 22.9 Å². The van der Waals surface area contributed by atoms with Gasteiger partial charge in [0.2, 0.25) is 0 Å². The molecule has 0 fully saturated rings. The van der Waals surface area contributed by atoms with E-state index in [1.165, 1.54) is 4.68 Å². The van der Waals surface area contributed by atoms with E-state index in [0.717, 1.165) is 29.8 Å². The Hall–Kier alpha value is -1.45. The van der Waals surface area contributed by atoms with E-state index in [1.54, 1.807) is 6.20 Å². The van der Waals surface area contributed by atoms with E-state index >= 15 is 0 Å². The number of rotatable bonds is 10. The van der Waals surface area contributed by atoms with Crippen molar-refractivity contribution >= 4 is 35.1 Å². The van der Waals surface area contributed by atoms with Crippen molar-refractivity contribution in [3.8, 4) is 11.5 Å². The smallest absolute Gasteiger partial charge is 0.279 e. The SMILES string of the molecule is C[Si](C)(C)C#Cc1cn(COCC[Si](C)(C)C)c2cnn(COCC[Si](C)(C)C)c(=O)c12. The summed E-state index contributed by atoms with van der Waals surface area (Å²) in [6, 6.07) is 2.16. The Labute approximate surface area is 196 Å². The zero-order valence-corrected chi connectivity index (χ0v) is 24.5. The Balaban J connectivity index is 2.31. The highest BCUT2D eigenvalue weighted by Gasteiger charge is 2.17. The monoisotopic (exact) mass is 491 g/mol. The van der Waals surface area contributed by atoms with Gasteiger partial charge in [0.15, 0.2) is 0 Å². The largest absolute Gasteiger partial charge is 0.361 e. The Morgan fingerprint density at radius 3 is 2.00 bits per heavy atom. The average Bonchev–Trinajstić information content (AvgIpc) is 2.98. The molecule has 2 rings (SSSR count). The van der Waals surface area contributed by atoms with Gasteiger partial charge in [-0.3, -0.25) is 4.79 Å².